The Morgan fingerprint density at radius 3 is 2.68 bits per heavy atom. The summed E-state index contributed by atoms with van der Waals surface area (Å²) in [6, 6.07) is 7.67. The molecule has 2 rings (SSSR count). The van der Waals surface area contributed by atoms with Gasteiger partial charge in [0.05, 0.1) is 6.33 Å². The molecule has 0 aliphatic carbocycles. The molecule has 0 radical (unpaired) electrons. The Morgan fingerprint density at radius 1 is 1.37 bits per heavy atom. The van der Waals surface area contributed by atoms with E-state index in [0.717, 1.165) is 17.8 Å². The normalized spacial score (nSPS) is 10.4. The molecule has 3 N–H and O–H groups in total. The molecule has 0 saturated carbocycles. The number of aromatic nitrogens is 2. The summed E-state index contributed by atoms with van der Waals surface area (Å²) < 4.78 is 0.451. The van der Waals surface area contributed by atoms with E-state index in [1.807, 2.05) is 36.1 Å². The molecule has 0 spiro atoms. The van der Waals surface area contributed by atoms with Crippen LogP contribution >= 0.6 is 15.9 Å². The predicted molar refractivity (Wildman–Crippen MR) is 80.1 cm³/mol. The first-order chi connectivity index (χ1) is 9.11. The number of aromatic amines is 1. The largest absolute Gasteiger partial charge is 0.399 e. The first-order valence-electron chi connectivity index (χ1n) is 5.94. The van der Waals surface area contributed by atoms with Gasteiger partial charge in [0.2, 0.25) is 0 Å². The molecule has 0 unspecified atom stereocenters. The Bertz CT molecular complexity index is 609. The quantitative estimate of drug-likeness (QED) is 0.846. The van der Waals surface area contributed by atoms with Crippen LogP contribution in [0.5, 0.6) is 0 Å². The van der Waals surface area contributed by atoms with Crippen molar-refractivity contribution in [2.75, 3.05) is 17.2 Å². The summed E-state index contributed by atoms with van der Waals surface area (Å²) in [5.74, 6) is 0.642. The van der Waals surface area contributed by atoms with E-state index in [1.165, 1.54) is 6.33 Å². The number of anilines is 2. The van der Waals surface area contributed by atoms with E-state index in [2.05, 4.69) is 25.9 Å². The number of nitrogens with one attached hydrogen (secondary N) is 1. The van der Waals surface area contributed by atoms with Crippen molar-refractivity contribution >= 4 is 27.4 Å². The number of benzene rings is 1. The average Bonchev–Trinajstić information content (AvgIpc) is 2.42. The lowest BCUT2D eigenvalue weighted by Crippen LogP contribution is -2.26. The van der Waals surface area contributed by atoms with Gasteiger partial charge in [-0.2, -0.15) is 0 Å². The fraction of sp³-hybridized carbons (Fsp3) is 0.231. The molecule has 0 fully saturated rings. The summed E-state index contributed by atoms with van der Waals surface area (Å²) in [4.78, 5) is 20.3. The molecule has 6 heteroatoms. The van der Waals surface area contributed by atoms with Crippen molar-refractivity contribution < 1.29 is 0 Å². The molecule has 5 nitrogen and oxygen atoms in total. The molecular formula is C13H15BrN4O. The summed E-state index contributed by atoms with van der Waals surface area (Å²) in [6.45, 7) is 3.44. The van der Waals surface area contributed by atoms with Crippen molar-refractivity contribution in [3.63, 3.8) is 0 Å². The van der Waals surface area contributed by atoms with Gasteiger partial charge in [0, 0.05) is 18.8 Å². The summed E-state index contributed by atoms with van der Waals surface area (Å²) in [5, 5.41) is 0. The van der Waals surface area contributed by atoms with E-state index in [4.69, 9.17) is 5.73 Å². The third kappa shape index (κ3) is 3.14. The minimum absolute atomic E-state index is 0.180. The van der Waals surface area contributed by atoms with Crippen LogP contribution in [0.3, 0.4) is 0 Å². The fourth-order valence-corrected chi connectivity index (χ4v) is 2.24. The molecule has 19 heavy (non-hydrogen) atoms. The second-order valence-corrected chi connectivity index (χ2v) is 4.92. The molecule has 0 amide bonds. The van der Waals surface area contributed by atoms with Crippen molar-refractivity contribution in [2.24, 2.45) is 0 Å². The lowest BCUT2D eigenvalue weighted by atomic mass is 10.2. The van der Waals surface area contributed by atoms with Crippen LogP contribution in [-0.4, -0.2) is 16.5 Å². The highest BCUT2D eigenvalue weighted by atomic mass is 79.9. The molecular weight excluding hydrogens is 308 g/mol. The summed E-state index contributed by atoms with van der Waals surface area (Å²) in [6.07, 6.45) is 1.41. The topological polar surface area (TPSA) is 75.0 Å². The molecule has 1 aromatic heterocycles. The van der Waals surface area contributed by atoms with Crippen LogP contribution in [0.15, 0.2) is 39.9 Å². The van der Waals surface area contributed by atoms with Gasteiger partial charge in [0.25, 0.3) is 5.56 Å². The number of rotatable bonds is 4. The van der Waals surface area contributed by atoms with Crippen LogP contribution in [0, 0.1) is 0 Å². The van der Waals surface area contributed by atoms with Gasteiger partial charge in [-0.1, -0.05) is 12.1 Å². The van der Waals surface area contributed by atoms with Crippen LogP contribution in [0.2, 0.25) is 0 Å². The molecule has 0 saturated heterocycles. The van der Waals surface area contributed by atoms with Crippen LogP contribution in [-0.2, 0) is 6.54 Å². The SMILES string of the molecule is CCN(Cc1ccc(N)cc1)c1nc[nH]c(=O)c1Br. The standard InChI is InChI=1S/C13H15BrN4O/c1-2-18(7-9-3-5-10(15)6-4-9)12-11(14)13(19)17-8-16-12/h3-6,8H,2,7,15H2,1H3,(H,16,17,19). The van der Waals surface area contributed by atoms with Gasteiger partial charge in [-0.25, -0.2) is 4.98 Å². The van der Waals surface area contributed by atoms with E-state index >= 15 is 0 Å². The molecule has 100 valence electrons. The Kier molecular flexibility index (Phi) is 4.21. The van der Waals surface area contributed by atoms with Crippen molar-refractivity contribution in [1.82, 2.24) is 9.97 Å². The van der Waals surface area contributed by atoms with E-state index in [9.17, 15) is 4.79 Å². The second kappa shape index (κ2) is 5.88. The van der Waals surface area contributed by atoms with Gasteiger partial charge in [-0.05, 0) is 40.5 Å². The second-order valence-electron chi connectivity index (χ2n) is 4.13. The van der Waals surface area contributed by atoms with Gasteiger partial charge < -0.3 is 15.6 Å². The first-order valence-corrected chi connectivity index (χ1v) is 6.73. The number of H-pyrrole nitrogens is 1. The lowest BCUT2D eigenvalue weighted by Gasteiger charge is -2.22. The number of halogens is 1. The summed E-state index contributed by atoms with van der Waals surface area (Å²) in [5.41, 5.74) is 7.34. The number of nitrogen functional groups attached to an aromatic ring is 1. The van der Waals surface area contributed by atoms with Gasteiger partial charge in [-0.15, -0.1) is 0 Å². The van der Waals surface area contributed by atoms with Crippen molar-refractivity contribution in [3.8, 4) is 0 Å². The van der Waals surface area contributed by atoms with E-state index in [-0.39, 0.29) is 5.56 Å². The maximum Gasteiger partial charge on any atom is 0.267 e. The molecule has 2 aromatic rings. The number of nitrogens with zero attached hydrogens (tertiary/aromatic N) is 2. The number of nitrogens with two attached hydrogens (primary N) is 1. The minimum atomic E-state index is -0.180. The third-order valence-electron chi connectivity index (χ3n) is 2.81. The lowest BCUT2D eigenvalue weighted by molar-refractivity contribution is 0.804. The maximum atomic E-state index is 11.6. The van der Waals surface area contributed by atoms with Gasteiger partial charge in [0.1, 0.15) is 4.47 Å². The van der Waals surface area contributed by atoms with E-state index in [0.29, 0.717) is 16.8 Å². The predicted octanol–water partition coefficient (Wildman–Crippen LogP) is 2.14. The van der Waals surface area contributed by atoms with Crippen LogP contribution < -0.4 is 16.2 Å². The van der Waals surface area contributed by atoms with Gasteiger partial charge in [-0.3, -0.25) is 4.79 Å². The zero-order valence-electron chi connectivity index (χ0n) is 10.6. The molecule has 0 atom stereocenters. The van der Waals surface area contributed by atoms with Gasteiger partial charge in [0.15, 0.2) is 5.82 Å². The molecule has 1 aromatic carbocycles. The monoisotopic (exact) mass is 322 g/mol. The zero-order chi connectivity index (χ0) is 13.8. The average molecular weight is 323 g/mol. The van der Waals surface area contributed by atoms with E-state index in [1.54, 1.807) is 0 Å². The van der Waals surface area contributed by atoms with Crippen molar-refractivity contribution in [3.05, 3.63) is 51.0 Å². The Balaban J connectivity index is 2.27. The Hall–Kier alpha value is -1.82. The minimum Gasteiger partial charge on any atom is -0.399 e. The first kappa shape index (κ1) is 13.6. The Labute approximate surface area is 119 Å². The third-order valence-corrected chi connectivity index (χ3v) is 3.53. The molecule has 0 aliphatic rings. The van der Waals surface area contributed by atoms with Crippen LogP contribution in [0.4, 0.5) is 11.5 Å². The fourth-order valence-electron chi connectivity index (χ4n) is 1.77. The van der Waals surface area contributed by atoms with Gasteiger partial charge >= 0.3 is 0 Å². The molecule has 0 bridgehead atoms. The summed E-state index contributed by atoms with van der Waals surface area (Å²) >= 11 is 3.28. The number of hydrogen-bond donors (Lipinski definition) is 2. The van der Waals surface area contributed by atoms with E-state index < -0.39 is 0 Å². The Morgan fingerprint density at radius 2 is 2.05 bits per heavy atom. The smallest absolute Gasteiger partial charge is 0.267 e. The molecule has 0 aliphatic heterocycles. The maximum absolute atomic E-state index is 11.6. The zero-order valence-corrected chi connectivity index (χ0v) is 12.1. The van der Waals surface area contributed by atoms with Crippen molar-refractivity contribution in [1.29, 1.82) is 0 Å². The van der Waals surface area contributed by atoms with Crippen molar-refractivity contribution in [2.45, 2.75) is 13.5 Å². The molecule has 1 heterocycles. The highest BCUT2D eigenvalue weighted by molar-refractivity contribution is 9.10. The highest BCUT2D eigenvalue weighted by Crippen LogP contribution is 2.21. The van der Waals surface area contributed by atoms with Crippen LogP contribution in [0.25, 0.3) is 0 Å². The van der Waals surface area contributed by atoms with Crippen LogP contribution in [0.1, 0.15) is 12.5 Å². The highest BCUT2D eigenvalue weighted by Gasteiger charge is 2.12. The summed E-state index contributed by atoms with van der Waals surface area (Å²) in [7, 11) is 0. The number of hydrogen-bond acceptors (Lipinski definition) is 4.